The predicted octanol–water partition coefficient (Wildman–Crippen LogP) is 8.04. The molecule has 0 spiro atoms. The molecule has 0 atom stereocenters. The summed E-state index contributed by atoms with van der Waals surface area (Å²) < 4.78 is 44.9. The van der Waals surface area contributed by atoms with Crippen molar-refractivity contribution in [1.29, 1.82) is 0 Å². The van der Waals surface area contributed by atoms with E-state index in [1.165, 1.54) is 31.4 Å². The lowest BCUT2D eigenvalue weighted by Gasteiger charge is -2.48. The molecule has 0 bridgehead atoms. The maximum Gasteiger partial charge on any atom is 0.261 e. The third-order valence-corrected chi connectivity index (χ3v) is 11.8. The number of aromatic nitrogens is 3. The molecule has 2 amide bonds. The number of fused-ring (bicyclic) bond motifs is 2. The molecule has 2 aliphatic heterocycles. The maximum atomic E-state index is 15.6. The monoisotopic (exact) mass is 713 g/mol. The number of benzene rings is 2. The number of halogens is 3. The van der Waals surface area contributed by atoms with Gasteiger partial charge in [-0.2, -0.15) is 0 Å². The summed E-state index contributed by atoms with van der Waals surface area (Å²) in [6.07, 6.45) is 5.11. The zero-order chi connectivity index (χ0) is 36.7. The minimum atomic E-state index is -2.69. The molecule has 2 aliphatic carbocycles. The number of anilines is 3. The number of piperidine rings is 1. The van der Waals surface area contributed by atoms with E-state index in [2.05, 4.69) is 20.5 Å². The molecular weight excluding hydrogens is 667 g/mol. The Labute approximate surface area is 302 Å². The highest BCUT2D eigenvalue weighted by molar-refractivity contribution is 6.09. The maximum absolute atomic E-state index is 15.6. The number of rotatable bonds is 9. The molecule has 274 valence electrons. The fourth-order valence-corrected chi connectivity index (χ4v) is 8.31. The van der Waals surface area contributed by atoms with Crippen molar-refractivity contribution in [3.05, 3.63) is 65.2 Å². The van der Waals surface area contributed by atoms with Gasteiger partial charge in [-0.15, -0.1) is 0 Å². The number of nitrogens with zero attached hydrogens (tertiary/aromatic N) is 5. The zero-order valence-corrected chi connectivity index (χ0v) is 30.4. The number of hydrogen-bond donors (Lipinski definition) is 2. The number of nitrogens with one attached hydrogen (secondary N) is 2. The molecule has 4 aliphatic rings. The third kappa shape index (κ3) is 5.74. The molecule has 2 N–H and O–H groups in total. The lowest BCUT2D eigenvalue weighted by molar-refractivity contribution is -0.123. The van der Waals surface area contributed by atoms with Gasteiger partial charge in [0.15, 0.2) is 5.82 Å². The van der Waals surface area contributed by atoms with Gasteiger partial charge in [-0.1, -0.05) is 18.6 Å². The summed E-state index contributed by atoms with van der Waals surface area (Å²) >= 11 is 0. The molecule has 0 unspecified atom stereocenters. The fraction of sp³-hybridized carbons (Fsp3) is 0.500. The van der Waals surface area contributed by atoms with Gasteiger partial charge in [-0.3, -0.25) is 9.59 Å². The first-order chi connectivity index (χ1) is 24.8. The van der Waals surface area contributed by atoms with Crippen LogP contribution in [0.1, 0.15) is 100 Å². The van der Waals surface area contributed by atoms with Crippen LogP contribution >= 0.6 is 0 Å². The summed E-state index contributed by atoms with van der Waals surface area (Å²) in [6, 6.07) is 11.2. The van der Waals surface area contributed by atoms with E-state index in [9.17, 15) is 18.4 Å². The molecule has 9 nitrogen and oxygen atoms in total. The van der Waals surface area contributed by atoms with Crippen molar-refractivity contribution in [2.75, 3.05) is 23.3 Å². The van der Waals surface area contributed by atoms with Crippen LogP contribution in [0.5, 0.6) is 0 Å². The minimum absolute atomic E-state index is 0.00418. The third-order valence-electron chi connectivity index (χ3n) is 11.8. The molecule has 2 saturated carbocycles. The molecule has 4 heterocycles. The molecule has 8 rings (SSSR count). The van der Waals surface area contributed by atoms with Crippen molar-refractivity contribution >= 4 is 40.0 Å². The van der Waals surface area contributed by atoms with Crippen LogP contribution in [-0.4, -0.2) is 68.4 Å². The highest BCUT2D eigenvalue weighted by Crippen LogP contribution is 2.48. The second kappa shape index (κ2) is 12.6. The van der Waals surface area contributed by atoms with E-state index in [0.29, 0.717) is 34.2 Å². The Morgan fingerprint density at radius 2 is 1.73 bits per heavy atom. The van der Waals surface area contributed by atoms with E-state index in [-0.39, 0.29) is 42.1 Å². The average Bonchev–Trinajstić information content (AvgIpc) is 3.69. The lowest BCUT2D eigenvalue weighted by atomic mass is 9.82. The summed E-state index contributed by atoms with van der Waals surface area (Å²) in [4.78, 5) is 41.5. The molecule has 52 heavy (non-hydrogen) atoms. The standard InChI is InChI=1S/C40H46F3N7O2/c1-22(2)49-21-44-32-20-30(45-35(34(32)49)46-31-19-27(23(3)15-29(31)41)36(51)47-40(11-12-40)37(42)43)24-9-10-28-33(16-24)50(38(52)39(28,4)5)26-17-25(18-26)48-13-7-6-8-14-48/h9-10,15-16,19-22,25-26,37H,6-8,11-14,17-18H2,1-5H3,(H,45,46)(H,47,51)/t25-,26+. The van der Waals surface area contributed by atoms with E-state index in [1.807, 2.05) is 61.4 Å². The van der Waals surface area contributed by atoms with Gasteiger partial charge in [-0.25, -0.2) is 23.1 Å². The van der Waals surface area contributed by atoms with Gasteiger partial charge >= 0.3 is 0 Å². The van der Waals surface area contributed by atoms with Crippen molar-refractivity contribution in [3.8, 4) is 11.3 Å². The average molecular weight is 714 g/mol. The summed E-state index contributed by atoms with van der Waals surface area (Å²) in [7, 11) is 0. The first kappa shape index (κ1) is 34.6. The number of amides is 2. The number of pyridine rings is 1. The molecule has 2 aromatic heterocycles. The molecule has 12 heteroatoms. The second-order valence-electron chi connectivity index (χ2n) is 16.1. The van der Waals surface area contributed by atoms with Gasteiger partial charge in [0.1, 0.15) is 16.9 Å². The van der Waals surface area contributed by atoms with E-state index < -0.39 is 29.1 Å². The Hall–Kier alpha value is -4.45. The molecule has 1 saturated heterocycles. The number of carbonyl (C=O) groups excluding carboxylic acids is 2. The Morgan fingerprint density at radius 3 is 2.40 bits per heavy atom. The molecule has 2 aromatic carbocycles. The smallest absolute Gasteiger partial charge is 0.261 e. The fourth-order valence-electron chi connectivity index (χ4n) is 8.31. The second-order valence-corrected chi connectivity index (χ2v) is 16.1. The zero-order valence-electron chi connectivity index (χ0n) is 30.4. The summed E-state index contributed by atoms with van der Waals surface area (Å²) in [5, 5.41) is 5.62. The van der Waals surface area contributed by atoms with Crippen molar-refractivity contribution < 1.29 is 22.8 Å². The van der Waals surface area contributed by atoms with E-state index in [1.54, 1.807) is 13.3 Å². The largest absolute Gasteiger partial charge is 0.341 e. The summed E-state index contributed by atoms with van der Waals surface area (Å²) in [5.41, 5.74) is 2.77. The van der Waals surface area contributed by atoms with Gasteiger partial charge in [0.25, 0.3) is 12.3 Å². The molecule has 3 fully saturated rings. The first-order valence-corrected chi connectivity index (χ1v) is 18.6. The van der Waals surface area contributed by atoms with Crippen molar-refractivity contribution in [2.45, 2.75) is 115 Å². The van der Waals surface area contributed by atoms with E-state index in [0.717, 1.165) is 42.7 Å². The van der Waals surface area contributed by atoms with Crippen LogP contribution in [0.2, 0.25) is 0 Å². The minimum Gasteiger partial charge on any atom is -0.341 e. The van der Waals surface area contributed by atoms with Gasteiger partial charge in [-0.05, 0) is 122 Å². The first-order valence-electron chi connectivity index (χ1n) is 18.6. The number of carbonyl (C=O) groups is 2. The van der Waals surface area contributed by atoms with Gasteiger partial charge in [0, 0.05) is 34.9 Å². The summed E-state index contributed by atoms with van der Waals surface area (Å²) in [6.45, 7) is 11.8. The predicted molar refractivity (Wildman–Crippen MR) is 196 cm³/mol. The Balaban J connectivity index is 1.15. The van der Waals surface area contributed by atoms with Gasteiger partial charge in [0.2, 0.25) is 5.91 Å². The number of likely N-dealkylation sites (tertiary alicyclic amines) is 1. The van der Waals surface area contributed by atoms with Gasteiger partial charge in [0.05, 0.1) is 28.6 Å². The van der Waals surface area contributed by atoms with Gasteiger partial charge < -0.3 is 25.0 Å². The Kier molecular flexibility index (Phi) is 8.39. The van der Waals surface area contributed by atoms with Crippen molar-refractivity contribution in [3.63, 3.8) is 0 Å². The Bertz CT molecular complexity index is 2080. The van der Waals surface area contributed by atoms with Crippen LogP contribution in [0.3, 0.4) is 0 Å². The Morgan fingerprint density at radius 1 is 1.00 bits per heavy atom. The molecular formula is C40H46F3N7O2. The van der Waals surface area contributed by atoms with Crippen LogP contribution in [0.4, 0.5) is 30.4 Å². The summed E-state index contributed by atoms with van der Waals surface area (Å²) in [5.74, 6) is -0.848. The number of aryl methyl sites for hydroxylation is 1. The van der Waals surface area contributed by atoms with E-state index >= 15 is 4.39 Å². The molecule has 0 radical (unpaired) electrons. The highest BCUT2D eigenvalue weighted by Gasteiger charge is 2.53. The van der Waals surface area contributed by atoms with Crippen LogP contribution in [0, 0.1) is 12.7 Å². The normalized spacial score (nSPS) is 22.2. The topological polar surface area (TPSA) is 95.4 Å². The van der Waals surface area contributed by atoms with Crippen LogP contribution in [-0.2, 0) is 10.2 Å². The van der Waals surface area contributed by atoms with Crippen molar-refractivity contribution in [2.24, 2.45) is 0 Å². The van der Waals surface area contributed by atoms with Crippen LogP contribution in [0.25, 0.3) is 22.3 Å². The number of hydrogen-bond acceptors (Lipinski definition) is 6. The number of alkyl halides is 2. The number of imidazole rings is 1. The van der Waals surface area contributed by atoms with Crippen molar-refractivity contribution in [1.82, 2.24) is 24.8 Å². The van der Waals surface area contributed by atoms with Crippen LogP contribution < -0.4 is 15.5 Å². The van der Waals surface area contributed by atoms with E-state index in [4.69, 9.17) is 4.98 Å². The van der Waals surface area contributed by atoms with Crippen LogP contribution in [0.15, 0.2) is 42.7 Å². The lowest BCUT2D eigenvalue weighted by Crippen LogP contribution is -2.57. The molecule has 4 aromatic rings. The SMILES string of the molecule is Cc1cc(F)c(Nc2nc(-c3ccc4c(c3)N([C@H]3C[C@@H](N5CCCCC5)C3)C(=O)C4(C)C)cc3ncn(C(C)C)c23)cc1C(=O)NC1(C(F)F)CC1. The quantitative estimate of drug-likeness (QED) is 0.182. The highest BCUT2D eigenvalue weighted by atomic mass is 19.3.